The van der Waals surface area contributed by atoms with Crippen molar-refractivity contribution in [3.8, 4) is 22.6 Å². The molecule has 0 aliphatic rings. The lowest BCUT2D eigenvalue weighted by molar-refractivity contribution is 1.08. The lowest BCUT2D eigenvalue weighted by Crippen LogP contribution is -1.97. The van der Waals surface area contributed by atoms with Gasteiger partial charge in [-0.05, 0) is 66.2 Å². The van der Waals surface area contributed by atoms with Gasteiger partial charge in [-0.25, -0.2) is 4.98 Å². The van der Waals surface area contributed by atoms with Gasteiger partial charge in [0, 0.05) is 60.0 Å². The van der Waals surface area contributed by atoms with Crippen molar-refractivity contribution in [2.24, 2.45) is 0 Å². The van der Waals surface area contributed by atoms with E-state index in [1.54, 1.807) is 0 Å². The van der Waals surface area contributed by atoms with Crippen molar-refractivity contribution in [3.63, 3.8) is 0 Å². The molecule has 0 saturated heterocycles. The van der Waals surface area contributed by atoms with Crippen molar-refractivity contribution >= 4 is 64.2 Å². The molecule has 192 valence electrons. The molecule has 4 aromatic heterocycles. The lowest BCUT2D eigenvalue weighted by atomic mass is 10.1. The molecule has 0 spiro atoms. The quantitative estimate of drug-likeness (QED) is 0.218. The van der Waals surface area contributed by atoms with Gasteiger partial charge in [0.05, 0.1) is 16.6 Å². The van der Waals surface area contributed by atoms with Crippen molar-refractivity contribution in [3.05, 3.63) is 140 Å². The fourth-order valence-electron chi connectivity index (χ4n) is 6.24. The minimum absolute atomic E-state index is 0.923. The molecule has 0 aliphatic heterocycles. The number of hydrogen-bond donors (Lipinski definition) is 0. The zero-order chi connectivity index (χ0) is 26.9. The van der Waals surface area contributed by atoms with Crippen molar-refractivity contribution in [2.75, 3.05) is 0 Å². The molecule has 0 amide bonds. The van der Waals surface area contributed by atoms with Crippen LogP contribution in [0.3, 0.4) is 0 Å². The van der Waals surface area contributed by atoms with E-state index in [1.807, 2.05) is 23.6 Å². The monoisotopic (exact) mass is 541 g/mol. The molecule has 0 radical (unpaired) electrons. The minimum Gasteiger partial charge on any atom is -0.317 e. The maximum atomic E-state index is 5.01. The maximum Gasteiger partial charge on any atom is 0.137 e. The molecule has 3 nitrogen and oxygen atoms in total. The van der Waals surface area contributed by atoms with E-state index in [-0.39, 0.29) is 0 Å². The van der Waals surface area contributed by atoms with Gasteiger partial charge in [0.15, 0.2) is 0 Å². The van der Waals surface area contributed by atoms with Crippen LogP contribution in [-0.2, 0) is 0 Å². The van der Waals surface area contributed by atoms with Gasteiger partial charge in [0.1, 0.15) is 5.82 Å². The van der Waals surface area contributed by atoms with Crippen LogP contribution in [0.5, 0.6) is 0 Å². The molecule has 41 heavy (non-hydrogen) atoms. The summed E-state index contributed by atoms with van der Waals surface area (Å²) in [5.74, 6) is 0.923. The molecular formula is C37H23N3S. The van der Waals surface area contributed by atoms with Crippen molar-refractivity contribution < 1.29 is 0 Å². The van der Waals surface area contributed by atoms with Gasteiger partial charge in [-0.1, -0.05) is 66.7 Å². The molecule has 0 aliphatic carbocycles. The molecule has 0 N–H and O–H groups in total. The first-order chi connectivity index (χ1) is 20.3. The second-order valence-corrected chi connectivity index (χ2v) is 11.6. The van der Waals surface area contributed by atoms with E-state index in [0.29, 0.717) is 0 Å². The Morgan fingerprint density at radius 3 is 2.10 bits per heavy atom. The molecule has 0 unspecified atom stereocenters. The molecule has 0 saturated carbocycles. The van der Waals surface area contributed by atoms with E-state index >= 15 is 0 Å². The molecule has 0 atom stereocenters. The average Bonchev–Trinajstić information content (AvgIpc) is 3.71. The van der Waals surface area contributed by atoms with Crippen LogP contribution in [0.15, 0.2) is 140 Å². The van der Waals surface area contributed by atoms with Crippen LogP contribution < -0.4 is 0 Å². The van der Waals surface area contributed by atoms with Crippen molar-refractivity contribution in [1.82, 2.24) is 14.1 Å². The summed E-state index contributed by atoms with van der Waals surface area (Å²) >= 11 is 1.86. The van der Waals surface area contributed by atoms with Crippen LogP contribution in [0, 0.1) is 0 Å². The Hall–Kier alpha value is -5.19. The van der Waals surface area contributed by atoms with Crippen LogP contribution in [0.2, 0.25) is 0 Å². The second kappa shape index (κ2) is 8.65. The summed E-state index contributed by atoms with van der Waals surface area (Å²) in [6.45, 7) is 0. The zero-order valence-corrected chi connectivity index (χ0v) is 22.8. The van der Waals surface area contributed by atoms with E-state index in [9.17, 15) is 0 Å². The Balaban J connectivity index is 1.36. The van der Waals surface area contributed by atoms with E-state index in [4.69, 9.17) is 4.98 Å². The van der Waals surface area contributed by atoms with Crippen LogP contribution in [0.1, 0.15) is 0 Å². The highest BCUT2D eigenvalue weighted by Gasteiger charge is 2.18. The summed E-state index contributed by atoms with van der Waals surface area (Å²) in [4.78, 5) is 5.01. The summed E-state index contributed by atoms with van der Waals surface area (Å²) in [5, 5.41) is 6.30. The standard InChI is InChI=1S/C37H23N3S/c1-3-9-24(10-4-1)26-15-16-37(38-23-26)40-33-19-25-17-18-39(27-11-5-2-6-12-27)32(25)21-30(33)29-20-31-28-13-7-8-14-35(28)41-36(31)22-34(29)40/h1-23H. The lowest BCUT2D eigenvalue weighted by Gasteiger charge is -2.09. The molecule has 0 fully saturated rings. The average molecular weight is 542 g/mol. The topological polar surface area (TPSA) is 22.8 Å². The molecular weight excluding hydrogens is 518 g/mol. The van der Waals surface area contributed by atoms with Gasteiger partial charge < -0.3 is 4.57 Å². The van der Waals surface area contributed by atoms with Gasteiger partial charge in [-0.2, -0.15) is 0 Å². The third-order valence-electron chi connectivity index (χ3n) is 8.19. The Labute approximate surface area is 240 Å². The molecule has 4 heterocycles. The number of para-hydroxylation sites is 1. The van der Waals surface area contributed by atoms with Crippen LogP contribution >= 0.6 is 11.3 Å². The van der Waals surface area contributed by atoms with Gasteiger partial charge in [-0.3, -0.25) is 4.57 Å². The smallest absolute Gasteiger partial charge is 0.137 e. The molecule has 5 aromatic carbocycles. The highest BCUT2D eigenvalue weighted by atomic mass is 32.1. The largest absolute Gasteiger partial charge is 0.317 e. The van der Waals surface area contributed by atoms with E-state index in [2.05, 4.69) is 137 Å². The molecule has 4 heteroatoms. The number of benzene rings is 5. The Kier molecular flexibility index (Phi) is 4.77. The van der Waals surface area contributed by atoms with Crippen LogP contribution in [-0.4, -0.2) is 14.1 Å². The predicted octanol–water partition coefficient (Wildman–Crippen LogP) is 10.2. The number of pyridine rings is 1. The number of thiophene rings is 1. The maximum absolute atomic E-state index is 5.01. The number of hydrogen-bond acceptors (Lipinski definition) is 2. The van der Waals surface area contributed by atoms with Gasteiger partial charge >= 0.3 is 0 Å². The number of fused-ring (bicyclic) bond motifs is 7. The van der Waals surface area contributed by atoms with Gasteiger partial charge in [0.25, 0.3) is 0 Å². The third kappa shape index (κ3) is 3.41. The Morgan fingerprint density at radius 2 is 1.27 bits per heavy atom. The molecule has 9 aromatic rings. The van der Waals surface area contributed by atoms with Gasteiger partial charge in [-0.15, -0.1) is 11.3 Å². The minimum atomic E-state index is 0.923. The number of rotatable bonds is 3. The normalized spacial score (nSPS) is 11.9. The summed E-state index contributed by atoms with van der Waals surface area (Å²) in [6, 6.07) is 45.7. The first kappa shape index (κ1) is 22.6. The first-order valence-corrected chi connectivity index (χ1v) is 14.6. The summed E-state index contributed by atoms with van der Waals surface area (Å²) in [7, 11) is 0. The van der Waals surface area contributed by atoms with Crippen LogP contribution in [0.25, 0.3) is 75.5 Å². The summed E-state index contributed by atoms with van der Waals surface area (Å²) < 4.78 is 7.23. The van der Waals surface area contributed by atoms with E-state index in [0.717, 1.165) is 17.1 Å². The highest BCUT2D eigenvalue weighted by molar-refractivity contribution is 7.25. The summed E-state index contributed by atoms with van der Waals surface area (Å²) in [6.07, 6.45) is 4.16. The molecule has 0 bridgehead atoms. The first-order valence-electron chi connectivity index (χ1n) is 13.8. The number of nitrogens with zero attached hydrogens (tertiary/aromatic N) is 3. The van der Waals surface area contributed by atoms with E-state index in [1.165, 1.54) is 58.4 Å². The number of aromatic nitrogens is 3. The fourth-order valence-corrected chi connectivity index (χ4v) is 7.36. The Morgan fingerprint density at radius 1 is 0.512 bits per heavy atom. The Bertz CT molecular complexity index is 2390. The second-order valence-electron chi connectivity index (χ2n) is 10.5. The third-order valence-corrected chi connectivity index (χ3v) is 9.33. The summed E-state index contributed by atoms with van der Waals surface area (Å²) in [5.41, 5.74) is 6.99. The van der Waals surface area contributed by atoms with Crippen molar-refractivity contribution in [2.45, 2.75) is 0 Å². The predicted molar refractivity (Wildman–Crippen MR) is 174 cm³/mol. The van der Waals surface area contributed by atoms with E-state index < -0.39 is 0 Å². The highest BCUT2D eigenvalue weighted by Crippen LogP contribution is 2.41. The fraction of sp³-hybridized carbons (Fsp3) is 0. The SMILES string of the molecule is c1ccc(-c2ccc(-n3c4cc5ccn(-c6ccccc6)c5cc4c4cc5c(cc43)sc3ccccc35)nc2)cc1. The van der Waals surface area contributed by atoms with Crippen LogP contribution in [0.4, 0.5) is 0 Å². The molecule has 9 rings (SSSR count). The zero-order valence-electron chi connectivity index (χ0n) is 22.0. The van der Waals surface area contributed by atoms with Gasteiger partial charge in [0.2, 0.25) is 0 Å². The van der Waals surface area contributed by atoms with Crippen molar-refractivity contribution in [1.29, 1.82) is 0 Å².